The lowest BCUT2D eigenvalue weighted by Gasteiger charge is -2.32. The molecule has 9 heteroatoms. The van der Waals surface area contributed by atoms with E-state index in [1.807, 2.05) is 20.8 Å². The highest BCUT2D eigenvalue weighted by Crippen LogP contribution is 2.23. The van der Waals surface area contributed by atoms with Crippen molar-refractivity contribution in [1.29, 1.82) is 0 Å². The number of hydrogen-bond acceptors (Lipinski definition) is 8. The van der Waals surface area contributed by atoms with Crippen molar-refractivity contribution < 1.29 is 13.3 Å². The first-order valence-corrected chi connectivity index (χ1v) is 8.12. The van der Waals surface area contributed by atoms with Gasteiger partial charge in [-0.2, -0.15) is 5.01 Å². The first-order chi connectivity index (χ1) is 8.52. The molecular formula is C9H22N4O3SSi. The molecule has 1 heterocycles. The van der Waals surface area contributed by atoms with Crippen LogP contribution in [0.2, 0.25) is 0 Å². The van der Waals surface area contributed by atoms with E-state index in [-0.39, 0.29) is 0 Å². The standard InChI is InChI=1S/C9H22N4O3SSi/c1-5-14-18(15-6-2,16-7-3)9-11-8(10)12(4)13(9)17/h8,17H,5-7,10H2,1-4H3. The van der Waals surface area contributed by atoms with Gasteiger partial charge >= 0.3 is 8.80 Å². The lowest BCUT2D eigenvalue weighted by molar-refractivity contribution is 0.0825. The molecule has 106 valence electrons. The number of amidine groups is 1. The average molecular weight is 294 g/mol. The minimum Gasteiger partial charge on any atom is -0.369 e. The van der Waals surface area contributed by atoms with E-state index >= 15 is 0 Å². The van der Waals surface area contributed by atoms with Crippen molar-refractivity contribution in [2.24, 2.45) is 10.7 Å². The van der Waals surface area contributed by atoms with Crippen LogP contribution in [0.1, 0.15) is 20.8 Å². The van der Waals surface area contributed by atoms with E-state index in [1.165, 1.54) is 4.41 Å². The molecule has 1 unspecified atom stereocenters. The molecule has 2 N–H and O–H groups in total. The SMILES string of the molecule is CCO[Si](OCC)(OCC)C1=NC(N)N(C)N1S. The summed E-state index contributed by atoms with van der Waals surface area (Å²) >= 11 is 4.36. The fourth-order valence-electron chi connectivity index (χ4n) is 1.61. The predicted molar refractivity (Wildman–Crippen MR) is 74.6 cm³/mol. The first-order valence-electron chi connectivity index (χ1n) is 5.99. The van der Waals surface area contributed by atoms with Gasteiger partial charge in [-0.3, -0.25) is 5.73 Å². The highest BCUT2D eigenvalue weighted by atomic mass is 32.1. The molecule has 0 radical (unpaired) electrons. The summed E-state index contributed by atoms with van der Waals surface area (Å²) in [6.45, 7) is 7.11. The second kappa shape index (κ2) is 6.85. The van der Waals surface area contributed by atoms with E-state index in [0.29, 0.717) is 25.3 Å². The summed E-state index contributed by atoms with van der Waals surface area (Å²) in [5.74, 6) is 0. The molecule has 0 fully saturated rings. The summed E-state index contributed by atoms with van der Waals surface area (Å²) in [7, 11) is -1.24. The monoisotopic (exact) mass is 294 g/mol. The Morgan fingerprint density at radius 1 is 1.22 bits per heavy atom. The molecule has 18 heavy (non-hydrogen) atoms. The van der Waals surface area contributed by atoms with E-state index in [2.05, 4.69) is 17.8 Å². The predicted octanol–water partition coefficient (Wildman–Crippen LogP) is 0.222. The third-order valence-electron chi connectivity index (χ3n) is 2.40. The van der Waals surface area contributed by atoms with Gasteiger partial charge < -0.3 is 13.3 Å². The molecule has 0 aromatic rings. The number of thiol groups is 1. The van der Waals surface area contributed by atoms with Crippen molar-refractivity contribution in [3.63, 3.8) is 0 Å². The van der Waals surface area contributed by atoms with Gasteiger partial charge in [0.15, 0.2) is 11.7 Å². The van der Waals surface area contributed by atoms with Crippen molar-refractivity contribution >= 4 is 27.1 Å². The summed E-state index contributed by atoms with van der Waals surface area (Å²) in [5, 5.41) is 1.68. The van der Waals surface area contributed by atoms with E-state index in [9.17, 15) is 0 Å². The number of rotatable bonds is 7. The van der Waals surface area contributed by atoms with Gasteiger partial charge in [0.2, 0.25) is 0 Å². The van der Waals surface area contributed by atoms with Gasteiger partial charge in [-0.25, -0.2) is 9.41 Å². The minimum absolute atomic E-state index is 0.478. The van der Waals surface area contributed by atoms with Crippen molar-refractivity contribution in [1.82, 2.24) is 9.42 Å². The average Bonchev–Trinajstić information content (AvgIpc) is 2.58. The van der Waals surface area contributed by atoms with Crippen molar-refractivity contribution in [3.8, 4) is 0 Å². The molecular weight excluding hydrogens is 272 g/mol. The zero-order chi connectivity index (χ0) is 13.8. The van der Waals surface area contributed by atoms with E-state index in [0.717, 1.165) is 0 Å². The van der Waals surface area contributed by atoms with Crippen LogP contribution in [0.15, 0.2) is 4.99 Å². The second-order valence-corrected chi connectivity index (χ2v) is 6.39. The molecule has 0 aromatic heterocycles. The highest BCUT2D eigenvalue weighted by Gasteiger charge is 2.53. The van der Waals surface area contributed by atoms with Crippen LogP contribution in [0.5, 0.6) is 0 Å². The van der Waals surface area contributed by atoms with E-state index in [4.69, 9.17) is 19.0 Å². The summed E-state index contributed by atoms with van der Waals surface area (Å²) in [5.41, 5.74) is 6.38. The number of hydrazine groups is 1. The molecule has 0 aliphatic carbocycles. The number of hydrogen-bond donors (Lipinski definition) is 2. The molecule has 1 rings (SSSR count). The fourth-order valence-corrected chi connectivity index (χ4v) is 4.61. The van der Waals surface area contributed by atoms with Gasteiger partial charge in [0.1, 0.15) is 0 Å². The zero-order valence-corrected chi connectivity index (χ0v) is 13.2. The number of nitrogens with two attached hydrogens (primary N) is 1. The Morgan fingerprint density at radius 3 is 1.94 bits per heavy atom. The van der Waals surface area contributed by atoms with Crippen molar-refractivity contribution in [2.75, 3.05) is 26.9 Å². The molecule has 7 nitrogen and oxygen atoms in total. The van der Waals surface area contributed by atoms with Crippen molar-refractivity contribution in [2.45, 2.75) is 27.1 Å². The van der Waals surface area contributed by atoms with Crippen LogP contribution in [-0.4, -0.2) is 56.8 Å². The highest BCUT2D eigenvalue weighted by molar-refractivity contribution is 7.78. The van der Waals surface area contributed by atoms with Crippen LogP contribution >= 0.6 is 12.8 Å². The molecule has 0 aromatic carbocycles. The molecule has 0 amide bonds. The number of nitrogens with zero attached hydrogens (tertiary/aromatic N) is 3. The Labute approximate surface area is 115 Å². The van der Waals surface area contributed by atoms with Gasteiger partial charge in [-0.05, 0) is 33.6 Å². The normalized spacial score (nSPS) is 21.6. The van der Waals surface area contributed by atoms with Gasteiger partial charge in [0.05, 0.1) is 0 Å². The van der Waals surface area contributed by atoms with E-state index in [1.54, 1.807) is 12.1 Å². The minimum atomic E-state index is -3.03. The van der Waals surface area contributed by atoms with Crippen LogP contribution < -0.4 is 5.73 Å². The Balaban J connectivity index is 3.04. The second-order valence-electron chi connectivity index (χ2n) is 3.58. The lowest BCUT2D eigenvalue weighted by Crippen LogP contribution is -2.58. The van der Waals surface area contributed by atoms with Crippen LogP contribution in [-0.2, 0) is 13.3 Å². The Bertz CT molecular complexity index is 291. The van der Waals surface area contributed by atoms with Crippen molar-refractivity contribution in [3.05, 3.63) is 0 Å². The molecule has 0 saturated heterocycles. The molecule has 0 bridgehead atoms. The summed E-state index contributed by atoms with van der Waals surface area (Å²) in [6, 6.07) is 0. The largest absolute Gasteiger partial charge is 0.576 e. The Morgan fingerprint density at radius 2 is 1.67 bits per heavy atom. The smallest absolute Gasteiger partial charge is 0.369 e. The maximum absolute atomic E-state index is 5.85. The summed E-state index contributed by atoms with van der Waals surface area (Å²) in [4.78, 5) is 4.34. The third kappa shape index (κ3) is 3.04. The van der Waals surface area contributed by atoms with Gasteiger partial charge in [-0.15, -0.1) is 0 Å². The first kappa shape index (κ1) is 15.9. The maximum Gasteiger partial charge on any atom is 0.576 e. The lowest BCUT2D eigenvalue weighted by atomic mass is 10.9. The Hall–Kier alpha value is -0.163. The molecule has 1 atom stereocenters. The topological polar surface area (TPSA) is 72.5 Å². The van der Waals surface area contributed by atoms with Crippen LogP contribution in [0.25, 0.3) is 0 Å². The maximum atomic E-state index is 5.85. The molecule has 1 aliphatic rings. The van der Waals surface area contributed by atoms with Crippen LogP contribution in [0, 0.1) is 0 Å². The van der Waals surface area contributed by atoms with Gasteiger partial charge in [0.25, 0.3) is 0 Å². The van der Waals surface area contributed by atoms with Gasteiger partial charge in [0, 0.05) is 26.9 Å². The van der Waals surface area contributed by atoms with Crippen LogP contribution in [0.3, 0.4) is 0 Å². The summed E-state index contributed by atoms with van der Waals surface area (Å²) < 4.78 is 18.8. The third-order valence-corrected chi connectivity index (χ3v) is 5.96. The fraction of sp³-hybridized carbons (Fsp3) is 0.889. The Kier molecular flexibility index (Phi) is 6.04. The number of aliphatic imine (C=N–C) groups is 1. The van der Waals surface area contributed by atoms with E-state index < -0.39 is 15.1 Å². The zero-order valence-electron chi connectivity index (χ0n) is 11.3. The quantitative estimate of drug-likeness (QED) is 0.517. The molecule has 0 saturated carbocycles. The summed E-state index contributed by atoms with van der Waals surface area (Å²) in [6.07, 6.45) is -0.495. The van der Waals surface area contributed by atoms with Crippen LogP contribution in [0.4, 0.5) is 0 Å². The molecule has 0 spiro atoms. The van der Waals surface area contributed by atoms with Gasteiger partial charge in [-0.1, -0.05) is 0 Å². The molecule has 1 aliphatic heterocycles.